The molecule has 0 radical (unpaired) electrons. The van der Waals surface area contributed by atoms with Crippen LogP contribution in [0.4, 0.5) is 5.82 Å². The molecule has 8 heteroatoms. The maximum absolute atomic E-state index is 12.2. The van der Waals surface area contributed by atoms with E-state index in [-0.39, 0.29) is 5.91 Å². The number of thioether (sulfide) groups is 1. The third kappa shape index (κ3) is 4.88. The van der Waals surface area contributed by atoms with Crippen molar-refractivity contribution in [2.75, 3.05) is 50.2 Å². The second kappa shape index (κ2) is 9.16. The Morgan fingerprint density at radius 1 is 1.07 bits per heavy atom. The van der Waals surface area contributed by atoms with Crippen LogP contribution in [0.1, 0.15) is 5.56 Å². The Labute approximate surface area is 168 Å². The van der Waals surface area contributed by atoms with E-state index in [0.717, 1.165) is 54.1 Å². The summed E-state index contributed by atoms with van der Waals surface area (Å²) in [5.74, 6) is 2.78. The fourth-order valence-electron chi connectivity index (χ4n) is 3.01. The Morgan fingerprint density at radius 2 is 1.89 bits per heavy atom. The lowest BCUT2D eigenvalue weighted by atomic mass is 10.2. The molecule has 4 rings (SSSR count). The molecule has 2 aromatic rings. The van der Waals surface area contributed by atoms with Crippen molar-refractivity contribution >= 4 is 23.5 Å². The lowest BCUT2D eigenvalue weighted by molar-refractivity contribution is -0.118. The standard InChI is InChI=1S/C20H23N3O4S/c24-20(14-28-16-2-3-17-18(11-16)27-10-9-26-17)22-13-15-1-4-19(21-12-15)23-5-7-25-8-6-23/h1-4,11-12H,5-10,13-14H2,(H,22,24). The summed E-state index contributed by atoms with van der Waals surface area (Å²) in [6.45, 7) is 4.79. The number of benzene rings is 1. The largest absolute Gasteiger partial charge is 0.486 e. The molecule has 1 aromatic carbocycles. The molecular weight excluding hydrogens is 378 g/mol. The van der Waals surface area contributed by atoms with Crippen molar-refractivity contribution in [3.63, 3.8) is 0 Å². The molecule has 1 aromatic heterocycles. The van der Waals surface area contributed by atoms with Gasteiger partial charge in [0, 0.05) is 30.7 Å². The van der Waals surface area contributed by atoms with Gasteiger partial charge in [-0.25, -0.2) is 4.98 Å². The van der Waals surface area contributed by atoms with Crippen LogP contribution in [0.2, 0.25) is 0 Å². The number of morpholine rings is 1. The van der Waals surface area contributed by atoms with E-state index >= 15 is 0 Å². The number of hydrogen-bond donors (Lipinski definition) is 1. The normalized spacial score (nSPS) is 15.9. The van der Waals surface area contributed by atoms with E-state index in [1.807, 2.05) is 36.5 Å². The maximum Gasteiger partial charge on any atom is 0.230 e. The second-order valence-electron chi connectivity index (χ2n) is 6.49. The van der Waals surface area contributed by atoms with Gasteiger partial charge in [0.2, 0.25) is 5.91 Å². The highest BCUT2D eigenvalue weighted by Gasteiger charge is 2.13. The zero-order valence-corrected chi connectivity index (χ0v) is 16.4. The summed E-state index contributed by atoms with van der Waals surface area (Å²) in [5, 5.41) is 2.94. The van der Waals surface area contributed by atoms with Crippen LogP contribution in [0.3, 0.4) is 0 Å². The Kier molecular flexibility index (Phi) is 6.18. The first-order chi connectivity index (χ1) is 13.8. The van der Waals surface area contributed by atoms with Gasteiger partial charge in [-0.2, -0.15) is 0 Å². The van der Waals surface area contributed by atoms with Gasteiger partial charge >= 0.3 is 0 Å². The molecule has 2 aliphatic rings. The molecule has 0 unspecified atom stereocenters. The Bertz CT molecular complexity index is 810. The van der Waals surface area contributed by atoms with Gasteiger partial charge in [-0.15, -0.1) is 11.8 Å². The molecule has 2 aliphatic heterocycles. The van der Waals surface area contributed by atoms with Gasteiger partial charge in [0.1, 0.15) is 19.0 Å². The number of hydrogen-bond acceptors (Lipinski definition) is 7. The summed E-state index contributed by atoms with van der Waals surface area (Å²) < 4.78 is 16.4. The lowest BCUT2D eigenvalue weighted by Crippen LogP contribution is -2.36. The molecule has 148 valence electrons. The van der Waals surface area contributed by atoms with Gasteiger partial charge in [-0.1, -0.05) is 6.07 Å². The fourth-order valence-corrected chi connectivity index (χ4v) is 3.77. The summed E-state index contributed by atoms with van der Waals surface area (Å²) >= 11 is 1.48. The average molecular weight is 401 g/mol. The van der Waals surface area contributed by atoms with Crippen LogP contribution in [0.15, 0.2) is 41.4 Å². The summed E-state index contributed by atoms with van der Waals surface area (Å²) in [7, 11) is 0. The zero-order valence-electron chi connectivity index (χ0n) is 15.6. The number of nitrogens with one attached hydrogen (secondary N) is 1. The van der Waals surface area contributed by atoms with Crippen molar-refractivity contribution in [1.29, 1.82) is 0 Å². The van der Waals surface area contributed by atoms with E-state index in [4.69, 9.17) is 14.2 Å². The highest BCUT2D eigenvalue weighted by Crippen LogP contribution is 2.34. The van der Waals surface area contributed by atoms with Gasteiger partial charge in [-0.3, -0.25) is 4.79 Å². The minimum absolute atomic E-state index is 0.0165. The molecule has 0 atom stereocenters. The van der Waals surface area contributed by atoms with Crippen molar-refractivity contribution < 1.29 is 19.0 Å². The quantitative estimate of drug-likeness (QED) is 0.743. The van der Waals surface area contributed by atoms with E-state index < -0.39 is 0 Å². The van der Waals surface area contributed by atoms with Crippen molar-refractivity contribution in [2.45, 2.75) is 11.4 Å². The molecule has 1 fully saturated rings. The fraction of sp³-hybridized carbons (Fsp3) is 0.400. The third-order valence-electron chi connectivity index (χ3n) is 4.52. The SMILES string of the molecule is O=C(CSc1ccc2c(c1)OCCO2)NCc1ccc(N2CCOCC2)nc1. The van der Waals surface area contributed by atoms with E-state index in [1.54, 1.807) is 0 Å². The average Bonchev–Trinajstić information content (AvgIpc) is 2.77. The first-order valence-corrected chi connectivity index (χ1v) is 10.3. The molecule has 1 saturated heterocycles. The van der Waals surface area contributed by atoms with E-state index in [2.05, 4.69) is 15.2 Å². The molecule has 1 amide bonds. The van der Waals surface area contributed by atoms with Crippen LogP contribution in [0.5, 0.6) is 11.5 Å². The number of carbonyl (C=O) groups is 1. The van der Waals surface area contributed by atoms with E-state index in [0.29, 0.717) is 25.5 Å². The number of fused-ring (bicyclic) bond motifs is 1. The molecular formula is C20H23N3O4S. The van der Waals surface area contributed by atoms with E-state index in [9.17, 15) is 4.79 Å². The topological polar surface area (TPSA) is 72.9 Å². The van der Waals surface area contributed by atoms with Crippen LogP contribution in [-0.4, -0.2) is 56.2 Å². The van der Waals surface area contributed by atoms with Crippen molar-refractivity contribution in [3.8, 4) is 11.5 Å². The Morgan fingerprint density at radius 3 is 2.68 bits per heavy atom. The molecule has 28 heavy (non-hydrogen) atoms. The smallest absolute Gasteiger partial charge is 0.230 e. The number of amides is 1. The predicted molar refractivity (Wildman–Crippen MR) is 107 cm³/mol. The van der Waals surface area contributed by atoms with Gasteiger partial charge in [0.05, 0.1) is 19.0 Å². The second-order valence-corrected chi connectivity index (χ2v) is 7.54. The molecule has 0 bridgehead atoms. The molecule has 0 saturated carbocycles. The number of nitrogens with zero attached hydrogens (tertiary/aromatic N) is 2. The van der Waals surface area contributed by atoms with Crippen LogP contribution < -0.4 is 19.7 Å². The van der Waals surface area contributed by atoms with Crippen LogP contribution >= 0.6 is 11.8 Å². The van der Waals surface area contributed by atoms with Gasteiger partial charge in [0.15, 0.2) is 11.5 Å². The molecule has 7 nitrogen and oxygen atoms in total. The highest BCUT2D eigenvalue weighted by atomic mass is 32.2. The Balaban J connectivity index is 1.23. The van der Waals surface area contributed by atoms with Crippen LogP contribution in [0, 0.1) is 0 Å². The van der Waals surface area contributed by atoms with Crippen molar-refractivity contribution in [3.05, 3.63) is 42.1 Å². The molecule has 3 heterocycles. The minimum atomic E-state index is -0.0165. The number of ether oxygens (including phenoxy) is 3. The third-order valence-corrected chi connectivity index (χ3v) is 5.51. The maximum atomic E-state index is 12.2. The summed E-state index contributed by atoms with van der Waals surface area (Å²) in [5.41, 5.74) is 0.981. The number of anilines is 1. The van der Waals surface area contributed by atoms with Gasteiger partial charge in [0.25, 0.3) is 0 Å². The van der Waals surface area contributed by atoms with Crippen molar-refractivity contribution in [1.82, 2.24) is 10.3 Å². The van der Waals surface area contributed by atoms with Crippen LogP contribution in [0.25, 0.3) is 0 Å². The summed E-state index contributed by atoms with van der Waals surface area (Å²) in [6, 6.07) is 9.75. The lowest BCUT2D eigenvalue weighted by Gasteiger charge is -2.27. The number of rotatable bonds is 6. The molecule has 0 spiro atoms. The minimum Gasteiger partial charge on any atom is -0.486 e. The first kappa shape index (κ1) is 18.9. The molecule has 1 N–H and O–H groups in total. The molecule has 0 aliphatic carbocycles. The highest BCUT2D eigenvalue weighted by molar-refractivity contribution is 8.00. The summed E-state index contributed by atoms with van der Waals surface area (Å²) in [4.78, 5) is 19.9. The predicted octanol–water partition coefficient (Wildman–Crippen LogP) is 2.10. The van der Waals surface area contributed by atoms with Gasteiger partial charge in [-0.05, 0) is 29.8 Å². The number of pyridine rings is 1. The number of aromatic nitrogens is 1. The zero-order chi connectivity index (χ0) is 19.2. The monoisotopic (exact) mass is 401 g/mol. The van der Waals surface area contributed by atoms with Crippen LogP contribution in [-0.2, 0) is 16.1 Å². The first-order valence-electron chi connectivity index (χ1n) is 9.35. The van der Waals surface area contributed by atoms with Crippen molar-refractivity contribution in [2.24, 2.45) is 0 Å². The number of carbonyl (C=O) groups excluding carboxylic acids is 1. The Hall–Kier alpha value is -2.45. The summed E-state index contributed by atoms with van der Waals surface area (Å²) in [6.07, 6.45) is 1.82. The van der Waals surface area contributed by atoms with Gasteiger partial charge < -0.3 is 24.4 Å². The van der Waals surface area contributed by atoms with E-state index in [1.165, 1.54) is 11.8 Å².